The van der Waals surface area contributed by atoms with Crippen molar-refractivity contribution in [2.45, 2.75) is 45.6 Å². The van der Waals surface area contributed by atoms with Gasteiger partial charge >= 0.3 is 0 Å². The van der Waals surface area contributed by atoms with Crippen molar-refractivity contribution in [2.75, 3.05) is 0 Å². The third-order valence-electron chi connectivity index (χ3n) is 2.97. The van der Waals surface area contributed by atoms with Gasteiger partial charge in [0.1, 0.15) is 0 Å². The minimum absolute atomic E-state index is 0.611. The Kier molecular flexibility index (Phi) is 5.03. The SMILES string of the molecule is C=C/C(C)=N\C=C(/C)C(=C)NC1CCCC1. The van der Waals surface area contributed by atoms with E-state index in [1.54, 1.807) is 6.08 Å². The number of aliphatic imine (C=N–C) groups is 1. The van der Waals surface area contributed by atoms with Crippen molar-refractivity contribution in [3.05, 3.63) is 36.7 Å². The second kappa shape index (κ2) is 6.31. The second-order valence-corrected chi connectivity index (χ2v) is 4.39. The normalized spacial score (nSPS) is 18.6. The Morgan fingerprint density at radius 1 is 1.31 bits per heavy atom. The molecule has 1 rings (SSSR count). The molecule has 0 amide bonds. The van der Waals surface area contributed by atoms with E-state index >= 15 is 0 Å². The van der Waals surface area contributed by atoms with Gasteiger partial charge in [0.05, 0.1) is 0 Å². The van der Waals surface area contributed by atoms with E-state index in [4.69, 9.17) is 0 Å². The van der Waals surface area contributed by atoms with Crippen LogP contribution in [-0.2, 0) is 0 Å². The Bertz CT molecular complexity index is 318. The van der Waals surface area contributed by atoms with E-state index in [9.17, 15) is 0 Å². The van der Waals surface area contributed by atoms with Gasteiger partial charge in [-0.3, -0.25) is 4.99 Å². The zero-order valence-corrected chi connectivity index (χ0v) is 10.4. The molecular weight excluding hydrogens is 196 g/mol. The molecule has 0 aromatic carbocycles. The third kappa shape index (κ3) is 4.05. The molecule has 88 valence electrons. The summed E-state index contributed by atoms with van der Waals surface area (Å²) in [4.78, 5) is 4.27. The van der Waals surface area contributed by atoms with Gasteiger partial charge in [-0.25, -0.2) is 0 Å². The van der Waals surface area contributed by atoms with Gasteiger partial charge in [0.15, 0.2) is 0 Å². The molecule has 2 nitrogen and oxygen atoms in total. The van der Waals surface area contributed by atoms with Crippen molar-refractivity contribution in [3.63, 3.8) is 0 Å². The molecule has 0 spiro atoms. The molecule has 2 heteroatoms. The van der Waals surface area contributed by atoms with Crippen LogP contribution >= 0.6 is 0 Å². The lowest BCUT2D eigenvalue weighted by Gasteiger charge is -2.15. The fraction of sp³-hybridized carbons (Fsp3) is 0.500. The standard InChI is InChI=1S/C14H22N2/c1-5-12(3)15-10-11(2)13(4)16-14-8-6-7-9-14/h5,10,14,16H,1,4,6-9H2,2-3H3/b11-10+,15-12-. The van der Waals surface area contributed by atoms with Crippen LogP contribution in [0.3, 0.4) is 0 Å². The van der Waals surface area contributed by atoms with Crippen LogP contribution in [0.25, 0.3) is 0 Å². The predicted molar refractivity (Wildman–Crippen MR) is 71.6 cm³/mol. The molecule has 0 heterocycles. The Hall–Kier alpha value is -1.31. The van der Waals surface area contributed by atoms with Gasteiger partial charge in [-0.05, 0) is 38.3 Å². The fourth-order valence-corrected chi connectivity index (χ4v) is 1.76. The smallest absolute Gasteiger partial charge is 0.0366 e. The highest BCUT2D eigenvalue weighted by atomic mass is 14.9. The first kappa shape index (κ1) is 12.8. The van der Waals surface area contributed by atoms with E-state index < -0.39 is 0 Å². The van der Waals surface area contributed by atoms with Crippen molar-refractivity contribution in [1.82, 2.24) is 5.32 Å². The Balaban J connectivity index is 2.49. The number of rotatable bonds is 5. The quantitative estimate of drug-likeness (QED) is 0.553. The van der Waals surface area contributed by atoms with E-state index in [0.717, 1.165) is 17.0 Å². The average molecular weight is 218 g/mol. The summed E-state index contributed by atoms with van der Waals surface area (Å²) in [6, 6.07) is 0.611. The van der Waals surface area contributed by atoms with Gasteiger partial charge < -0.3 is 5.32 Å². The summed E-state index contributed by atoms with van der Waals surface area (Å²) in [6.07, 6.45) is 8.80. The van der Waals surface area contributed by atoms with Crippen molar-refractivity contribution in [3.8, 4) is 0 Å². The van der Waals surface area contributed by atoms with Crippen LogP contribution in [0, 0.1) is 0 Å². The fourth-order valence-electron chi connectivity index (χ4n) is 1.76. The molecule has 0 radical (unpaired) electrons. The number of nitrogens with zero attached hydrogens (tertiary/aromatic N) is 1. The highest BCUT2D eigenvalue weighted by Gasteiger charge is 2.14. The molecule has 0 bridgehead atoms. The van der Waals surface area contributed by atoms with Crippen LogP contribution in [0.1, 0.15) is 39.5 Å². The summed E-state index contributed by atoms with van der Waals surface area (Å²) in [6.45, 7) is 11.7. The molecular formula is C14H22N2. The maximum absolute atomic E-state index is 4.27. The van der Waals surface area contributed by atoms with Gasteiger partial charge in [-0.15, -0.1) is 0 Å². The summed E-state index contributed by atoms with van der Waals surface area (Å²) < 4.78 is 0. The topological polar surface area (TPSA) is 24.4 Å². The van der Waals surface area contributed by atoms with E-state index in [1.165, 1.54) is 25.7 Å². The Morgan fingerprint density at radius 3 is 2.50 bits per heavy atom. The zero-order chi connectivity index (χ0) is 12.0. The van der Waals surface area contributed by atoms with Crippen LogP contribution in [0.4, 0.5) is 0 Å². The predicted octanol–water partition coefficient (Wildman–Crippen LogP) is 3.58. The van der Waals surface area contributed by atoms with Crippen LogP contribution in [0.5, 0.6) is 0 Å². The number of hydrogen-bond acceptors (Lipinski definition) is 2. The molecule has 0 aromatic rings. The van der Waals surface area contributed by atoms with Gasteiger partial charge in [0.25, 0.3) is 0 Å². The highest BCUT2D eigenvalue weighted by molar-refractivity contribution is 5.92. The summed E-state index contributed by atoms with van der Waals surface area (Å²) in [7, 11) is 0. The van der Waals surface area contributed by atoms with Crippen molar-refractivity contribution in [2.24, 2.45) is 4.99 Å². The first-order chi connectivity index (χ1) is 7.63. The maximum Gasteiger partial charge on any atom is 0.0366 e. The molecule has 16 heavy (non-hydrogen) atoms. The van der Waals surface area contributed by atoms with Gasteiger partial charge in [-0.1, -0.05) is 26.0 Å². The van der Waals surface area contributed by atoms with Crippen molar-refractivity contribution >= 4 is 5.71 Å². The summed E-state index contributed by atoms with van der Waals surface area (Å²) in [5, 5.41) is 3.46. The monoisotopic (exact) mass is 218 g/mol. The van der Waals surface area contributed by atoms with E-state index in [1.807, 2.05) is 20.0 Å². The molecule has 0 unspecified atom stereocenters. The molecule has 1 saturated carbocycles. The van der Waals surface area contributed by atoms with Gasteiger partial charge in [-0.2, -0.15) is 0 Å². The Morgan fingerprint density at radius 2 is 1.94 bits per heavy atom. The zero-order valence-electron chi connectivity index (χ0n) is 10.4. The number of allylic oxidation sites excluding steroid dienone is 2. The minimum atomic E-state index is 0.611. The molecule has 0 aromatic heterocycles. The molecule has 1 aliphatic carbocycles. The average Bonchev–Trinajstić information content (AvgIpc) is 2.77. The lowest BCUT2D eigenvalue weighted by atomic mass is 10.2. The number of nitrogens with one attached hydrogen (secondary N) is 1. The molecule has 1 fully saturated rings. The van der Waals surface area contributed by atoms with E-state index in [0.29, 0.717) is 6.04 Å². The lowest BCUT2D eigenvalue weighted by molar-refractivity contribution is 0.589. The van der Waals surface area contributed by atoms with Crippen molar-refractivity contribution in [1.29, 1.82) is 0 Å². The lowest BCUT2D eigenvalue weighted by Crippen LogP contribution is -2.25. The maximum atomic E-state index is 4.27. The van der Waals surface area contributed by atoms with Gasteiger partial charge in [0.2, 0.25) is 0 Å². The van der Waals surface area contributed by atoms with Crippen LogP contribution in [-0.4, -0.2) is 11.8 Å². The van der Waals surface area contributed by atoms with Crippen LogP contribution in [0.15, 0.2) is 41.7 Å². The first-order valence-corrected chi connectivity index (χ1v) is 5.93. The largest absolute Gasteiger partial charge is 0.383 e. The molecule has 1 aliphatic rings. The summed E-state index contributed by atoms with van der Waals surface area (Å²) >= 11 is 0. The molecule has 1 N–H and O–H groups in total. The summed E-state index contributed by atoms with van der Waals surface area (Å²) in [5.41, 5.74) is 3.01. The Labute approximate surface area is 98.9 Å². The first-order valence-electron chi connectivity index (χ1n) is 5.93. The molecule has 0 aliphatic heterocycles. The molecule has 0 atom stereocenters. The van der Waals surface area contributed by atoms with Gasteiger partial charge in [0, 0.05) is 23.7 Å². The van der Waals surface area contributed by atoms with Crippen molar-refractivity contribution < 1.29 is 0 Å². The minimum Gasteiger partial charge on any atom is -0.383 e. The molecule has 0 saturated heterocycles. The summed E-state index contributed by atoms with van der Waals surface area (Å²) in [5.74, 6) is 0. The second-order valence-electron chi connectivity index (χ2n) is 4.39. The van der Waals surface area contributed by atoms with Crippen LogP contribution in [0.2, 0.25) is 0 Å². The highest BCUT2D eigenvalue weighted by Crippen LogP contribution is 2.19. The van der Waals surface area contributed by atoms with E-state index in [2.05, 4.69) is 23.5 Å². The van der Waals surface area contributed by atoms with Crippen LogP contribution < -0.4 is 5.32 Å². The number of hydrogen-bond donors (Lipinski definition) is 1. The third-order valence-corrected chi connectivity index (χ3v) is 2.97. The van der Waals surface area contributed by atoms with E-state index in [-0.39, 0.29) is 0 Å².